The Kier molecular flexibility index (Phi) is 4.96. The molecule has 0 bridgehead atoms. The van der Waals surface area contributed by atoms with E-state index in [1.54, 1.807) is 12.1 Å². The second kappa shape index (κ2) is 6.71. The normalized spacial score (nSPS) is 19.4. The maximum Gasteiger partial charge on any atom is 0.123 e. The molecule has 0 spiro atoms. The Balaban J connectivity index is 1.63. The summed E-state index contributed by atoms with van der Waals surface area (Å²) in [6.45, 7) is 3.71. The summed E-state index contributed by atoms with van der Waals surface area (Å²) in [6, 6.07) is 6.46. The van der Waals surface area contributed by atoms with Crippen molar-refractivity contribution in [1.82, 2.24) is 4.90 Å². The number of hydrogen-bond donors (Lipinski definition) is 1. The summed E-state index contributed by atoms with van der Waals surface area (Å²) in [5, 5.41) is 3.28. The first-order valence-electron chi connectivity index (χ1n) is 6.53. The van der Waals surface area contributed by atoms with Crippen LogP contribution in [0, 0.1) is 5.82 Å². The lowest BCUT2D eigenvalue weighted by molar-refractivity contribution is 0.0823. The highest BCUT2D eigenvalue weighted by atomic mass is 19.1. The molecule has 1 aromatic rings. The fourth-order valence-electron chi connectivity index (χ4n) is 2.19. The molecule has 1 aliphatic rings. The largest absolute Gasteiger partial charge is 0.384 e. The molecular formula is C14H21FN2O. The highest BCUT2D eigenvalue weighted by Gasteiger charge is 2.16. The molecule has 1 aliphatic heterocycles. The molecule has 100 valence electrons. The predicted molar refractivity (Wildman–Crippen MR) is 71.4 cm³/mol. The molecule has 0 amide bonds. The third-order valence-corrected chi connectivity index (χ3v) is 3.21. The monoisotopic (exact) mass is 252 g/mol. The van der Waals surface area contributed by atoms with Crippen molar-refractivity contribution in [3.8, 4) is 0 Å². The van der Waals surface area contributed by atoms with E-state index in [4.69, 9.17) is 4.74 Å². The van der Waals surface area contributed by atoms with Crippen molar-refractivity contribution in [2.24, 2.45) is 0 Å². The van der Waals surface area contributed by atoms with Gasteiger partial charge in [0.1, 0.15) is 5.82 Å². The van der Waals surface area contributed by atoms with Gasteiger partial charge in [-0.1, -0.05) is 0 Å². The molecule has 18 heavy (non-hydrogen) atoms. The van der Waals surface area contributed by atoms with Gasteiger partial charge in [0, 0.05) is 31.9 Å². The number of hydrogen-bond acceptors (Lipinski definition) is 3. The zero-order valence-electron chi connectivity index (χ0n) is 10.9. The molecule has 1 aromatic carbocycles. The SMILES string of the molecule is CN(CCNc1ccc(F)cc1)CC1CCCO1. The average Bonchev–Trinajstić information content (AvgIpc) is 2.84. The molecule has 1 fully saturated rings. The number of nitrogens with one attached hydrogen (secondary N) is 1. The highest BCUT2D eigenvalue weighted by Crippen LogP contribution is 2.12. The van der Waals surface area contributed by atoms with E-state index in [-0.39, 0.29) is 5.82 Å². The van der Waals surface area contributed by atoms with Crippen LogP contribution in [-0.2, 0) is 4.74 Å². The molecular weight excluding hydrogens is 231 g/mol. The molecule has 2 rings (SSSR count). The van der Waals surface area contributed by atoms with Gasteiger partial charge in [-0.05, 0) is 44.2 Å². The number of likely N-dealkylation sites (N-methyl/N-ethyl adjacent to an activating group) is 1. The Hall–Kier alpha value is -1.13. The van der Waals surface area contributed by atoms with E-state index in [9.17, 15) is 4.39 Å². The number of anilines is 1. The van der Waals surface area contributed by atoms with E-state index in [1.807, 2.05) is 0 Å². The lowest BCUT2D eigenvalue weighted by atomic mass is 10.2. The van der Waals surface area contributed by atoms with Crippen LogP contribution < -0.4 is 5.32 Å². The van der Waals surface area contributed by atoms with Crippen molar-refractivity contribution in [2.75, 3.05) is 38.6 Å². The lowest BCUT2D eigenvalue weighted by Crippen LogP contribution is -2.32. The zero-order chi connectivity index (χ0) is 12.8. The summed E-state index contributed by atoms with van der Waals surface area (Å²) in [4.78, 5) is 2.27. The van der Waals surface area contributed by atoms with E-state index in [0.29, 0.717) is 6.10 Å². The summed E-state index contributed by atoms with van der Waals surface area (Å²) in [5.74, 6) is -0.198. The van der Waals surface area contributed by atoms with Crippen molar-refractivity contribution >= 4 is 5.69 Å². The molecule has 0 aromatic heterocycles. The van der Waals surface area contributed by atoms with Gasteiger partial charge in [-0.15, -0.1) is 0 Å². The van der Waals surface area contributed by atoms with E-state index in [1.165, 1.54) is 25.0 Å². The van der Waals surface area contributed by atoms with Gasteiger partial charge < -0.3 is 15.0 Å². The van der Waals surface area contributed by atoms with Crippen LogP contribution >= 0.6 is 0 Å². The topological polar surface area (TPSA) is 24.5 Å². The van der Waals surface area contributed by atoms with Gasteiger partial charge in [-0.3, -0.25) is 0 Å². The van der Waals surface area contributed by atoms with Gasteiger partial charge in [0.05, 0.1) is 6.10 Å². The maximum absolute atomic E-state index is 12.7. The standard InChI is InChI=1S/C14H21FN2O/c1-17(11-14-3-2-10-18-14)9-8-16-13-6-4-12(15)5-7-13/h4-7,14,16H,2-3,8-11H2,1H3. The third-order valence-electron chi connectivity index (χ3n) is 3.21. The molecule has 3 nitrogen and oxygen atoms in total. The third kappa shape index (κ3) is 4.27. The van der Waals surface area contributed by atoms with Crippen LogP contribution in [0.4, 0.5) is 10.1 Å². The summed E-state index contributed by atoms with van der Waals surface area (Å²) < 4.78 is 18.3. The van der Waals surface area contributed by atoms with Crippen LogP contribution in [-0.4, -0.2) is 44.3 Å². The second-order valence-electron chi connectivity index (χ2n) is 4.83. The van der Waals surface area contributed by atoms with E-state index in [0.717, 1.165) is 31.9 Å². The van der Waals surface area contributed by atoms with Crippen molar-refractivity contribution in [2.45, 2.75) is 18.9 Å². The Morgan fingerprint density at radius 3 is 2.83 bits per heavy atom. The Labute approximate surface area is 108 Å². The van der Waals surface area contributed by atoms with Crippen LogP contribution in [0.2, 0.25) is 0 Å². The minimum absolute atomic E-state index is 0.198. The maximum atomic E-state index is 12.7. The molecule has 1 unspecified atom stereocenters. The number of ether oxygens (including phenoxy) is 1. The molecule has 0 aliphatic carbocycles. The van der Waals surface area contributed by atoms with Crippen molar-refractivity contribution in [3.63, 3.8) is 0 Å². The number of halogens is 1. The number of benzene rings is 1. The predicted octanol–water partition coefficient (Wildman–Crippen LogP) is 2.35. The van der Waals surface area contributed by atoms with Crippen molar-refractivity contribution < 1.29 is 9.13 Å². The van der Waals surface area contributed by atoms with Crippen LogP contribution in [0.25, 0.3) is 0 Å². The molecule has 4 heteroatoms. The first-order chi connectivity index (χ1) is 8.74. The Morgan fingerprint density at radius 2 is 2.17 bits per heavy atom. The fourth-order valence-corrected chi connectivity index (χ4v) is 2.19. The Morgan fingerprint density at radius 1 is 1.39 bits per heavy atom. The van der Waals surface area contributed by atoms with E-state index >= 15 is 0 Å². The Bertz CT molecular complexity index is 349. The average molecular weight is 252 g/mol. The first-order valence-corrected chi connectivity index (χ1v) is 6.53. The smallest absolute Gasteiger partial charge is 0.123 e. The van der Waals surface area contributed by atoms with Gasteiger partial charge in [-0.25, -0.2) is 4.39 Å². The van der Waals surface area contributed by atoms with Crippen molar-refractivity contribution in [3.05, 3.63) is 30.1 Å². The van der Waals surface area contributed by atoms with Gasteiger partial charge >= 0.3 is 0 Å². The molecule has 0 radical (unpaired) electrons. The van der Waals surface area contributed by atoms with Crippen LogP contribution in [0.15, 0.2) is 24.3 Å². The summed E-state index contributed by atoms with van der Waals surface area (Å²) in [7, 11) is 2.11. The highest BCUT2D eigenvalue weighted by molar-refractivity contribution is 5.42. The summed E-state index contributed by atoms with van der Waals surface area (Å²) >= 11 is 0. The van der Waals surface area contributed by atoms with Gasteiger partial charge in [0.2, 0.25) is 0 Å². The zero-order valence-corrected chi connectivity index (χ0v) is 10.9. The van der Waals surface area contributed by atoms with Crippen LogP contribution in [0.5, 0.6) is 0 Å². The van der Waals surface area contributed by atoms with Gasteiger partial charge in [0.25, 0.3) is 0 Å². The lowest BCUT2D eigenvalue weighted by Gasteiger charge is -2.20. The summed E-state index contributed by atoms with van der Waals surface area (Å²) in [5.41, 5.74) is 0.960. The van der Waals surface area contributed by atoms with Crippen LogP contribution in [0.1, 0.15) is 12.8 Å². The minimum Gasteiger partial charge on any atom is -0.384 e. The quantitative estimate of drug-likeness (QED) is 0.841. The minimum atomic E-state index is -0.198. The molecule has 1 N–H and O–H groups in total. The molecule has 1 saturated heterocycles. The molecule has 0 saturated carbocycles. The van der Waals surface area contributed by atoms with Crippen molar-refractivity contribution in [1.29, 1.82) is 0 Å². The first kappa shape index (κ1) is 13.3. The van der Waals surface area contributed by atoms with Gasteiger partial charge in [-0.2, -0.15) is 0 Å². The summed E-state index contributed by atoms with van der Waals surface area (Å²) in [6.07, 6.45) is 2.77. The second-order valence-corrected chi connectivity index (χ2v) is 4.83. The van der Waals surface area contributed by atoms with Gasteiger partial charge in [0.15, 0.2) is 0 Å². The molecule has 1 heterocycles. The van der Waals surface area contributed by atoms with E-state index < -0.39 is 0 Å². The fraction of sp³-hybridized carbons (Fsp3) is 0.571. The number of nitrogens with zero attached hydrogens (tertiary/aromatic N) is 1. The van der Waals surface area contributed by atoms with E-state index in [2.05, 4.69) is 17.3 Å². The molecule has 1 atom stereocenters. The van der Waals surface area contributed by atoms with Crippen LogP contribution in [0.3, 0.4) is 0 Å². The number of rotatable bonds is 6.